The topological polar surface area (TPSA) is 76.3 Å². The van der Waals surface area contributed by atoms with Crippen LogP contribution in [0.3, 0.4) is 0 Å². The van der Waals surface area contributed by atoms with Crippen LogP contribution in [0.2, 0.25) is 0 Å². The van der Waals surface area contributed by atoms with Crippen molar-refractivity contribution in [2.45, 2.75) is 12.3 Å². The first-order valence-electron chi connectivity index (χ1n) is 5.02. The highest BCUT2D eigenvalue weighted by Gasteiger charge is 2.33. The number of anilines is 1. The molecular formula is C11H11F3N2O2. The van der Waals surface area contributed by atoms with E-state index >= 15 is 0 Å². The highest BCUT2D eigenvalue weighted by molar-refractivity contribution is 5.53. The number of halogens is 3. The van der Waals surface area contributed by atoms with E-state index in [9.17, 15) is 13.2 Å². The lowest BCUT2D eigenvalue weighted by atomic mass is 10.1. The zero-order valence-electron chi connectivity index (χ0n) is 9.20. The number of rotatable bonds is 4. The number of benzene rings is 1. The SMILES string of the molecule is N#Cc1ccc(NC[C@@H](O)CO)cc1C(F)(F)F. The van der Waals surface area contributed by atoms with Gasteiger partial charge in [-0.15, -0.1) is 0 Å². The first-order chi connectivity index (χ1) is 8.38. The number of nitrogens with zero attached hydrogens (tertiary/aromatic N) is 1. The van der Waals surface area contributed by atoms with Gasteiger partial charge in [-0.1, -0.05) is 0 Å². The Hall–Kier alpha value is -1.78. The van der Waals surface area contributed by atoms with Crippen molar-refractivity contribution in [1.82, 2.24) is 0 Å². The molecule has 0 aliphatic rings. The predicted octanol–water partition coefficient (Wildman–Crippen LogP) is 1.34. The third-order valence-electron chi connectivity index (χ3n) is 2.20. The molecule has 0 saturated heterocycles. The Morgan fingerprint density at radius 2 is 2.06 bits per heavy atom. The summed E-state index contributed by atoms with van der Waals surface area (Å²) >= 11 is 0. The number of alkyl halides is 3. The molecule has 0 aliphatic carbocycles. The molecular weight excluding hydrogens is 249 g/mol. The van der Waals surface area contributed by atoms with Crippen molar-refractivity contribution in [2.24, 2.45) is 0 Å². The first kappa shape index (κ1) is 14.3. The fourth-order valence-electron chi connectivity index (χ4n) is 1.29. The second kappa shape index (κ2) is 5.71. The van der Waals surface area contributed by atoms with Crippen LogP contribution in [-0.2, 0) is 6.18 Å². The van der Waals surface area contributed by atoms with Gasteiger partial charge in [0.2, 0.25) is 0 Å². The molecule has 98 valence electrons. The van der Waals surface area contributed by atoms with Crippen molar-refractivity contribution < 1.29 is 23.4 Å². The van der Waals surface area contributed by atoms with E-state index in [-0.39, 0.29) is 12.2 Å². The van der Waals surface area contributed by atoms with Gasteiger partial charge in [-0.05, 0) is 18.2 Å². The summed E-state index contributed by atoms with van der Waals surface area (Å²) in [5.74, 6) is 0. The Balaban J connectivity index is 2.94. The lowest BCUT2D eigenvalue weighted by molar-refractivity contribution is -0.137. The van der Waals surface area contributed by atoms with Gasteiger partial charge in [-0.25, -0.2) is 0 Å². The molecule has 0 aromatic heterocycles. The summed E-state index contributed by atoms with van der Waals surface area (Å²) in [5.41, 5.74) is -1.38. The Labute approximate surface area is 101 Å². The van der Waals surface area contributed by atoms with E-state index in [0.29, 0.717) is 0 Å². The summed E-state index contributed by atoms with van der Waals surface area (Å²) in [6.07, 6.45) is -5.67. The average molecular weight is 260 g/mol. The van der Waals surface area contributed by atoms with Gasteiger partial charge in [-0.3, -0.25) is 0 Å². The summed E-state index contributed by atoms with van der Waals surface area (Å²) in [7, 11) is 0. The smallest absolute Gasteiger partial charge is 0.394 e. The molecule has 1 rings (SSSR count). The van der Waals surface area contributed by atoms with Crippen molar-refractivity contribution in [1.29, 1.82) is 5.26 Å². The van der Waals surface area contributed by atoms with Crippen LogP contribution < -0.4 is 5.32 Å². The highest BCUT2D eigenvalue weighted by Crippen LogP contribution is 2.33. The number of aliphatic hydroxyl groups is 2. The van der Waals surface area contributed by atoms with Gasteiger partial charge >= 0.3 is 6.18 Å². The van der Waals surface area contributed by atoms with E-state index in [0.717, 1.165) is 12.1 Å². The van der Waals surface area contributed by atoms with Crippen molar-refractivity contribution in [2.75, 3.05) is 18.5 Å². The van der Waals surface area contributed by atoms with Crippen LogP contribution in [0.1, 0.15) is 11.1 Å². The van der Waals surface area contributed by atoms with E-state index in [1.807, 2.05) is 0 Å². The molecule has 0 saturated carbocycles. The lowest BCUT2D eigenvalue weighted by Gasteiger charge is -2.13. The molecule has 0 unspecified atom stereocenters. The molecule has 0 aliphatic heterocycles. The fourth-order valence-corrected chi connectivity index (χ4v) is 1.29. The van der Waals surface area contributed by atoms with Crippen LogP contribution in [0.5, 0.6) is 0 Å². The van der Waals surface area contributed by atoms with E-state index in [4.69, 9.17) is 15.5 Å². The minimum Gasteiger partial charge on any atom is -0.394 e. The Morgan fingerprint density at radius 3 is 2.56 bits per heavy atom. The van der Waals surface area contributed by atoms with Crippen molar-refractivity contribution >= 4 is 5.69 Å². The molecule has 0 heterocycles. The molecule has 0 fully saturated rings. The quantitative estimate of drug-likeness (QED) is 0.763. The zero-order chi connectivity index (χ0) is 13.8. The van der Waals surface area contributed by atoms with E-state index in [2.05, 4.69) is 5.32 Å². The number of hydrogen-bond acceptors (Lipinski definition) is 4. The normalized spacial score (nSPS) is 12.9. The number of nitriles is 1. The number of hydrogen-bond donors (Lipinski definition) is 3. The zero-order valence-corrected chi connectivity index (χ0v) is 9.20. The molecule has 0 bridgehead atoms. The van der Waals surface area contributed by atoms with Crippen LogP contribution in [0.15, 0.2) is 18.2 Å². The third-order valence-corrected chi connectivity index (χ3v) is 2.20. The van der Waals surface area contributed by atoms with Gasteiger partial charge in [0.15, 0.2) is 0 Å². The second-order valence-electron chi connectivity index (χ2n) is 3.59. The van der Waals surface area contributed by atoms with Crippen molar-refractivity contribution in [3.8, 4) is 6.07 Å². The summed E-state index contributed by atoms with van der Waals surface area (Å²) in [5, 5.41) is 28.8. The standard InChI is InChI=1S/C11H11F3N2O2/c12-11(13,14)10-3-8(2-1-7(10)4-15)16-5-9(18)6-17/h1-3,9,16-18H,5-6H2/t9-/m1/s1. The number of nitrogens with one attached hydrogen (secondary N) is 1. The minimum atomic E-state index is -4.61. The highest BCUT2D eigenvalue weighted by atomic mass is 19.4. The molecule has 0 radical (unpaired) electrons. The van der Waals surface area contributed by atoms with Crippen LogP contribution in [0.4, 0.5) is 18.9 Å². The molecule has 18 heavy (non-hydrogen) atoms. The summed E-state index contributed by atoms with van der Waals surface area (Å²) < 4.78 is 37.8. The Kier molecular flexibility index (Phi) is 4.53. The van der Waals surface area contributed by atoms with Crippen LogP contribution >= 0.6 is 0 Å². The van der Waals surface area contributed by atoms with E-state index in [1.54, 1.807) is 0 Å². The van der Waals surface area contributed by atoms with Crippen molar-refractivity contribution in [3.63, 3.8) is 0 Å². The van der Waals surface area contributed by atoms with E-state index in [1.165, 1.54) is 12.1 Å². The van der Waals surface area contributed by atoms with Gasteiger partial charge in [-0.2, -0.15) is 18.4 Å². The molecule has 0 spiro atoms. The van der Waals surface area contributed by atoms with Gasteiger partial charge in [0.05, 0.1) is 29.9 Å². The fraction of sp³-hybridized carbons (Fsp3) is 0.364. The molecule has 3 N–H and O–H groups in total. The summed E-state index contributed by atoms with van der Waals surface area (Å²) in [4.78, 5) is 0. The number of aliphatic hydroxyl groups excluding tert-OH is 2. The summed E-state index contributed by atoms with van der Waals surface area (Å²) in [6, 6.07) is 4.62. The Bertz CT molecular complexity index is 455. The first-order valence-corrected chi connectivity index (χ1v) is 5.02. The molecule has 1 aromatic carbocycles. The molecule has 1 aromatic rings. The lowest BCUT2D eigenvalue weighted by Crippen LogP contribution is -2.23. The second-order valence-corrected chi connectivity index (χ2v) is 3.59. The molecule has 7 heteroatoms. The minimum absolute atomic E-state index is 0.0836. The third kappa shape index (κ3) is 3.61. The maximum absolute atomic E-state index is 12.6. The van der Waals surface area contributed by atoms with E-state index < -0.39 is 30.0 Å². The van der Waals surface area contributed by atoms with Gasteiger partial charge in [0.1, 0.15) is 0 Å². The maximum Gasteiger partial charge on any atom is 0.417 e. The van der Waals surface area contributed by atoms with Crippen LogP contribution in [0, 0.1) is 11.3 Å². The monoisotopic (exact) mass is 260 g/mol. The van der Waals surface area contributed by atoms with Crippen LogP contribution in [0.25, 0.3) is 0 Å². The molecule has 4 nitrogen and oxygen atoms in total. The largest absolute Gasteiger partial charge is 0.417 e. The molecule has 1 atom stereocenters. The maximum atomic E-state index is 12.6. The van der Waals surface area contributed by atoms with Crippen molar-refractivity contribution in [3.05, 3.63) is 29.3 Å². The van der Waals surface area contributed by atoms with Gasteiger partial charge in [0.25, 0.3) is 0 Å². The van der Waals surface area contributed by atoms with Gasteiger partial charge < -0.3 is 15.5 Å². The Morgan fingerprint density at radius 1 is 1.39 bits per heavy atom. The van der Waals surface area contributed by atoms with Crippen LogP contribution in [-0.4, -0.2) is 29.5 Å². The predicted molar refractivity (Wildman–Crippen MR) is 57.7 cm³/mol. The summed E-state index contributed by atoms with van der Waals surface area (Å²) in [6.45, 7) is -0.574. The molecule has 0 amide bonds. The van der Waals surface area contributed by atoms with Gasteiger partial charge in [0, 0.05) is 12.2 Å². The average Bonchev–Trinajstić information content (AvgIpc) is 2.34.